The Morgan fingerprint density at radius 3 is 2.70 bits per heavy atom. The van der Waals surface area contributed by atoms with Gasteiger partial charge in [0.25, 0.3) is 0 Å². The summed E-state index contributed by atoms with van der Waals surface area (Å²) in [6, 6.07) is 7.52. The van der Waals surface area contributed by atoms with Crippen molar-refractivity contribution in [3.63, 3.8) is 0 Å². The Hall–Kier alpha value is -1.92. The molecule has 0 aliphatic heterocycles. The van der Waals surface area contributed by atoms with Gasteiger partial charge in [0.1, 0.15) is 5.75 Å². The van der Waals surface area contributed by atoms with Gasteiger partial charge < -0.3 is 10.2 Å². The summed E-state index contributed by atoms with van der Waals surface area (Å²) >= 11 is 3.35. The number of aliphatic hydroxyl groups is 1. The van der Waals surface area contributed by atoms with Crippen molar-refractivity contribution in [3.05, 3.63) is 51.8 Å². The van der Waals surface area contributed by atoms with Gasteiger partial charge in [0.2, 0.25) is 0 Å². The van der Waals surface area contributed by atoms with Crippen LogP contribution in [0, 0.1) is 6.92 Å². The predicted molar refractivity (Wildman–Crippen MR) is 81.9 cm³/mol. The number of halogens is 1. The Morgan fingerprint density at radius 1 is 1.35 bits per heavy atom. The molecule has 0 unspecified atom stereocenters. The average Bonchev–Trinajstić information content (AvgIpc) is 2.46. The minimum atomic E-state index is -0.208. The van der Waals surface area contributed by atoms with Gasteiger partial charge in [-0.05, 0) is 31.2 Å². The summed E-state index contributed by atoms with van der Waals surface area (Å²) in [5.74, 6) is 0.0258. The van der Waals surface area contributed by atoms with Crippen molar-refractivity contribution in [3.8, 4) is 5.75 Å². The van der Waals surface area contributed by atoms with Crippen LogP contribution in [0.2, 0.25) is 0 Å². The second-order valence-corrected chi connectivity index (χ2v) is 5.08. The molecule has 0 saturated carbocycles. The molecule has 0 atom stereocenters. The SMILES string of the molecule is Cc1ncc(CO)c(/C=N\Nc2ccc(Br)cc2)c1O. The second-order valence-electron chi connectivity index (χ2n) is 4.17. The summed E-state index contributed by atoms with van der Waals surface area (Å²) in [5, 5.41) is 23.2. The predicted octanol–water partition coefficient (Wildman–Crippen LogP) is 2.80. The van der Waals surface area contributed by atoms with Gasteiger partial charge in [0, 0.05) is 21.8 Å². The van der Waals surface area contributed by atoms with Gasteiger partial charge in [-0.15, -0.1) is 0 Å². The number of hydrazone groups is 1. The standard InChI is InChI=1S/C14H14BrN3O2/c1-9-14(20)13(10(8-19)6-16-9)7-17-18-12-4-2-11(15)3-5-12/h2-7,18-20H,8H2,1H3/b17-7-. The number of aliphatic hydroxyl groups excluding tert-OH is 1. The number of aryl methyl sites for hydroxylation is 1. The highest BCUT2D eigenvalue weighted by atomic mass is 79.9. The molecule has 3 N–H and O–H groups in total. The van der Waals surface area contributed by atoms with E-state index < -0.39 is 0 Å². The molecule has 0 radical (unpaired) electrons. The maximum absolute atomic E-state index is 9.94. The lowest BCUT2D eigenvalue weighted by Crippen LogP contribution is -1.99. The minimum Gasteiger partial charge on any atom is -0.505 e. The van der Waals surface area contributed by atoms with Crippen molar-refractivity contribution >= 4 is 27.8 Å². The van der Waals surface area contributed by atoms with Gasteiger partial charge in [0.05, 0.1) is 24.2 Å². The number of aromatic nitrogens is 1. The first-order valence-corrected chi connectivity index (χ1v) is 6.74. The molecule has 0 aliphatic rings. The fraction of sp³-hybridized carbons (Fsp3) is 0.143. The van der Waals surface area contributed by atoms with E-state index in [4.69, 9.17) is 0 Å². The van der Waals surface area contributed by atoms with E-state index in [-0.39, 0.29) is 12.4 Å². The Morgan fingerprint density at radius 2 is 2.05 bits per heavy atom. The van der Waals surface area contributed by atoms with E-state index in [0.717, 1.165) is 10.2 Å². The second kappa shape index (κ2) is 6.49. The van der Waals surface area contributed by atoms with Gasteiger partial charge in [-0.3, -0.25) is 10.4 Å². The van der Waals surface area contributed by atoms with E-state index in [9.17, 15) is 10.2 Å². The van der Waals surface area contributed by atoms with Gasteiger partial charge in [-0.1, -0.05) is 15.9 Å². The summed E-state index contributed by atoms with van der Waals surface area (Å²) < 4.78 is 0.983. The van der Waals surface area contributed by atoms with E-state index in [2.05, 4.69) is 31.4 Å². The molecule has 0 saturated heterocycles. The van der Waals surface area contributed by atoms with E-state index in [1.807, 2.05) is 24.3 Å². The van der Waals surface area contributed by atoms with Crippen LogP contribution < -0.4 is 5.43 Å². The highest BCUT2D eigenvalue weighted by Crippen LogP contribution is 2.22. The summed E-state index contributed by atoms with van der Waals surface area (Å²) in [7, 11) is 0. The van der Waals surface area contributed by atoms with Crippen LogP contribution in [0.15, 0.2) is 40.0 Å². The third-order valence-electron chi connectivity index (χ3n) is 2.76. The van der Waals surface area contributed by atoms with Crippen LogP contribution in [0.5, 0.6) is 5.75 Å². The summed E-state index contributed by atoms with van der Waals surface area (Å²) in [4.78, 5) is 3.99. The number of benzene rings is 1. The Balaban J connectivity index is 2.19. The molecule has 20 heavy (non-hydrogen) atoms. The highest BCUT2D eigenvalue weighted by Gasteiger charge is 2.09. The molecule has 0 aliphatic carbocycles. The fourth-order valence-electron chi connectivity index (χ4n) is 1.62. The first-order valence-electron chi connectivity index (χ1n) is 5.94. The van der Waals surface area contributed by atoms with Crippen LogP contribution >= 0.6 is 15.9 Å². The molecule has 6 heteroatoms. The number of anilines is 1. The summed E-state index contributed by atoms with van der Waals surface area (Å²) in [6.07, 6.45) is 2.99. The number of hydrogen-bond donors (Lipinski definition) is 3. The zero-order valence-corrected chi connectivity index (χ0v) is 12.4. The van der Waals surface area contributed by atoms with Crippen molar-refractivity contribution in [1.29, 1.82) is 0 Å². The van der Waals surface area contributed by atoms with Gasteiger partial charge in [-0.2, -0.15) is 5.10 Å². The molecule has 104 valence electrons. The molecule has 0 amide bonds. The Labute approximate surface area is 125 Å². The molecule has 0 spiro atoms. The Bertz CT molecular complexity index is 627. The van der Waals surface area contributed by atoms with E-state index >= 15 is 0 Å². The maximum Gasteiger partial charge on any atom is 0.145 e. The van der Waals surface area contributed by atoms with Crippen LogP contribution in [0.3, 0.4) is 0 Å². The van der Waals surface area contributed by atoms with Crippen molar-refractivity contribution < 1.29 is 10.2 Å². The Kier molecular flexibility index (Phi) is 4.70. The number of hydrogen-bond acceptors (Lipinski definition) is 5. The van der Waals surface area contributed by atoms with Crippen molar-refractivity contribution in [2.75, 3.05) is 5.43 Å². The van der Waals surface area contributed by atoms with Crippen molar-refractivity contribution in [2.45, 2.75) is 13.5 Å². The van der Waals surface area contributed by atoms with E-state index in [0.29, 0.717) is 16.8 Å². The molecular formula is C14H14BrN3O2. The lowest BCUT2D eigenvalue weighted by Gasteiger charge is -2.07. The number of nitrogens with one attached hydrogen (secondary N) is 1. The molecule has 0 bridgehead atoms. The third-order valence-corrected chi connectivity index (χ3v) is 3.29. The number of pyridine rings is 1. The molecule has 2 aromatic rings. The normalized spacial score (nSPS) is 10.9. The first-order chi connectivity index (χ1) is 9.61. The lowest BCUT2D eigenvalue weighted by atomic mass is 10.1. The van der Waals surface area contributed by atoms with E-state index in [1.54, 1.807) is 6.92 Å². The monoisotopic (exact) mass is 335 g/mol. The zero-order valence-electron chi connectivity index (χ0n) is 10.8. The van der Waals surface area contributed by atoms with Crippen LogP contribution in [0.25, 0.3) is 0 Å². The smallest absolute Gasteiger partial charge is 0.145 e. The maximum atomic E-state index is 9.94. The topological polar surface area (TPSA) is 77.7 Å². The van der Waals surface area contributed by atoms with Gasteiger partial charge in [-0.25, -0.2) is 0 Å². The first kappa shape index (κ1) is 14.5. The number of rotatable bonds is 4. The minimum absolute atomic E-state index is 0.0258. The molecular weight excluding hydrogens is 322 g/mol. The number of nitrogens with zero attached hydrogens (tertiary/aromatic N) is 2. The molecule has 1 aromatic heterocycles. The molecule has 2 rings (SSSR count). The van der Waals surface area contributed by atoms with Crippen molar-refractivity contribution in [1.82, 2.24) is 4.98 Å². The van der Waals surface area contributed by atoms with Gasteiger partial charge in [0.15, 0.2) is 0 Å². The van der Waals surface area contributed by atoms with Crippen LogP contribution in [0.4, 0.5) is 5.69 Å². The third kappa shape index (κ3) is 3.34. The average molecular weight is 336 g/mol. The molecule has 1 heterocycles. The summed E-state index contributed by atoms with van der Waals surface area (Å²) in [6.45, 7) is 1.48. The van der Waals surface area contributed by atoms with Crippen LogP contribution in [0.1, 0.15) is 16.8 Å². The fourth-order valence-corrected chi connectivity index (χ4v) is 1.88. The van der Waals surface area contributed by atoms with Crippen LogP contribution in [-0.2, 0) is 6.61 Å². The summed E-state index contributed by atoms with van der Waals surface area (Å²) in [5.41, 5.74) is 5.15. The zero-order chi connectivity index (χ0) is 14.5. The quantitative estimate of drug-likeness (QED) is 0.593. The van der Waals surface area contributed by atoms with E-state index in [1.165, 1.54) is 12.4 Å². The highest BCUT2D eigenvalue weighted by molar-refractivity contribution is 9.10. The van der Waals surface area contributed by atoms with Crippen LogP contribution in [-0.4, -0.2) is 21.4 Å². The van der Waals surface area contributed by atoms with Crippen molar-refractivity contribution in [2.24, 2.45) is 5.10 Å². The largest absolute Gasteiger partial charge is 0.505 e. The number of aromatic hydroxyl groups is 1. The molecule has 1 aromatic carbocycles. The lowest BCUT2D eigenvalue weighted by molar-refractivity contribution is 0.280. The van der Waals surface area contributed by atoms with Gasteiger partial charge >= 0.3 is 0 Å². The molecule has 5 nitrogen and oxygen atoms in total. The molecule has 0 fully saturated rings.